The van der Waals surface area contributed by atoms with Gasteiger partial charge in [-0.2, -0.15) is 4.98 Å². The number of likely N-dealkylation sites (N-methyl/N-ethyl adjacent to an activating group) is 1. The second-order valence-corrected chi connectivity index (χ2v) is 12.5. The van der Waals surface area contributed by atoms with Crippen molar-refractivity contribution in [2.75, 3.05) is 45.5 Å². The van der Waals surface area contributed by atoms with Gasteiger partial charge in [0.05, 0.1) is 10.9 Å². The van der Waals surface area contributed by atoms with Crippen LogP contribution in [0.25, 0.3) is 32.9 Å². The Labute approximate surface area is 249 Å². The van der Waals surface area contributed by atoms with Crippen molar-refractivity contribution in [2.24, 2.45) is 11.8 Å². The summed E-state index contributed by atoms with van der Waals surface area (Å²) in [5.41, 5.74) is 0.436. The maximum absolute atomic E-state index is 17.1. The highest BCUT2D eigenvalue weighted by Crippen LogP contribution is 2.42. The van der Waals surface area contributed by atoms with Gasteiger partial charge >= 0.3 is 5.69 Å². The zero-order valence-corrected chi connectivity index (χ0v) is 24.7. The Hall–Kier alpha value is -3.27. The fourth-order valence-electron chi connectivity index (χ4n) is 7.36. The van der Waals surface area contributed by atoms with Crippen molar-refractivity contribution < 1.29 is 13.9 Å². The standard InChI is InChI=1S/C32H35ClFN5O3/c1-37-10-4-6-22(37)17-39-30-25(31(36-32(39)40)38-15-19-8-9-20(11-19)16-38)14-35-29(28(30)34)24-13-23(42-18-41-2)12-21-5-3-7-26(33)27(21)24/h3,5,7,12-14,19-20,22H,4,6,8-11,15-18H2,1-2H3/t19?,20?,22-/m0/s1. The third kappa shape index (κ3) is 4.81. The summed E-state index contributed by atoms with van der Waals surface area (Å²) in [6, 6.07) is 9.24. The van der Waals surface area contributed by atoms with Crippen LogP contribution in [0.15, 0.2) is 41.3 Å². The van der Waals surface area contributed by atoms with E-state index in [-0.39, 0.29) is 24.0 Å². The first-order valence-electron chi connectivity index (χ1n) is 14.8. The predicted octanol–water partition coefficient (Wildman–Crippen LogP) is 5.72. The number of benzene rings is 2. The molecule has 2 aliphatic heterocycles. The largest absolute Gasteiger partial charge is 0.468 e. The number of methoxy groups -OCH3 is 1. The summed E-state index contributed by atoms with van der Waals surface area (Å²) in [6.45, 7) is 3.02. The fourth-order valence-corrected chi connectivity index (χ4v) is 7.65. The number of hydrogen-bond acceptors (Lipinski definition) is 7. The Morgan fingerprint density at radius 3 is 2.69 bits per heavy atom. The molecule has 1 saturated carbocycles. The van der Waals surface area contributed by atoms with Gasteiger partial charge in [0, 0.05) is 55.0 Å². The quantitative estimate of drug-likeness (QED) is 0.255. The molecule has 42 heavy (non-hydrogen) atoms. The Bertz CT molecular complexity index is 1720. The minimum atomic E-state index is -0.556. The molecule has 0 N–H and O–H groups in total. The molecule has 0 amide bonds. The lowest BCUT2D eigenvalue weighted by Crippen LogP contribution is -2.40. The third-order valence-electron chi connectivity index (χ3n) is 9.41. The van der Waals surface area contributed by atoms with Gasteiger partial charge in [0.2, 0.25) is 0 Å². The van der Waals surface area contributed by atoms with Crippen molar-refractivity contribution >= 4 is 39.1 Å². The first-order chi connectivity index (χ1) is 20.4. The molecule has 2 saturated heterocycles. The number of nitrogens with zero attached hydrogens (tertiary/aromatic N) is 5. The van der Waals surface area contributed by atoms with E-state index in [1.807, 2.05) is 18.2 Å². The number of piperidine rings is 1. The molecule has 8 nitrogen and oxygen atoms in total. The van der Waals surface area contributed by atoms with E-state index in [4.69, 9.17) is 26.1 Å². The molecule has 2 unspecified atom stereocenters. The molecule has 3 aliphatic rings. The van der Waals surface area contributed by atoms with E-state index in [0.29, 0.717) is 51.3 Å². The number of fused-ring (bicyclic) bond motifs is 4. The highest BCUT2D eigenvalue weighted by Gasteiger charge is 2.35. The number of aromatic nitrogens is 3. The minimum absolute atomic E-state index is 0.0421. The van der Waals surface area contributed by atoms with E-state index in [9.17, 15) is 4.79 Å². The molecule has 220 valence electrons. The van der Waals surface area contributed by atoms with E-state index >= 15 is 4.39 Å². The summed E-state index contributed by atoms with van der Waals surface area (Å²) >= 11 is 6.69. The number of rotatable bonds is 7. The van der Waals surface area contributed by atoms with Gasteiger partial charge in [-0.1, -0.05) is 23.7 Å². The average Bonchev–Trinajstić information content (AvgIpc) is 3.55. The van der Waals surface area contributed by atoms with E-state index in [0.717, 1.165) is 37.9 Å². The number of pyridine rings is 1. The van der Waals surface area contributed by atoms with Gasteiger partial charge in [0.15, 0.2) is 12.6 Å². The normalized spacial score (nSPS) is 22.5. The molecule has 0 radical (unpaired) electrons. The lowest BCUT2D eigenvalue weighted by molar-refractivity contribution is 0.0512. The first kappa shape index (κ1) is 27.6. The van der Waals surface area contributed by atoms with Gasteiger partial charge in [-0.25, -0.2) is 9.18 Å². The average molecular weight is 592 g/mol. The highest BCUT2D eigenvalue weighted by atomic mass is 35.5. The minimum Gasteiger partial charge on any atom is -0.468 e. The molecule has 2 bridgehead atoms. The summed E-state index contributed by atoms with van der Waals surface area (Å²) in [4.78, 5) is 27.5. The second-order valence-electron chi connectivity index (χ2n) is 12.1. The number of ether oxygens (including phenoxy) is 2. The first-order valence-corrected chi connectivity index (χ1v) is 15.2. The van der Waals surface area contributed by atoms with Crippen LogP contribution in [0.3, 0.4) is 0 Å². The molecule has 1 aliphatic carbocycles. The summed E-state index contributed by atoms with van der Waals surface area (Å²) in [7, 11) is 3.60. The van der Waals surface area contributed by atoms with E-state index in [1.54, 1.807) is 25.4 Å². The van der Waals surface area contributed by atoms with E-state index in [2.05, 4.69) is 21.8 Å². The topological polar surface area (TPSA) is 72.7 Å². The van der Waals surface area contributed by atoms with Crippen LogP contribution < -0.4 is 15.3 Å². The van der Waals surface area contributed by atoms with Crippen molar-refractivity contribution in [3.05, 3.63) is 57.9 Å². The lowest BCUT2D eigenvalue weighted by Gasteiger charge is -2.33. The Morgan fingerprint density at radius 1 is 1.14 bits per heavy atom. The predicted molar refractivity (Wildman–Crippen MR) is 163 cm³/mol. The van der Waals surface area contributed by atoms with Gasteiger partial charge in [-0.3, -0.25) is 9.55 Å². The van der Waals surface area contributed by atoms with Gasteiger partial charge < -0.3 is 19.3 Å². The Kier molecular flexibility index (Phi) is 7.28. The van der Waals surface area contributed by atoms with Crippen LogP contribution in [-0.2, 0) is 11.3 Å². The maximum atomic E-state index is 17.1. The van der Waals surface area contributed by atoms with E-state index < -0.39 is 11.5 Å². The van der Waals surface area contributed by atoms with Crippen LogP contribution in [0.4, 0.5) is 10.2 Å². The molecular formula is C32H35ClFN5O3. The van der Waals surface area contributed by atoms with Crippen molar-refractivity contribution in [1.82, 2.24) is 19.4 Å². The third-order valence-corrected chi connectivity index (χ3v) is 9.72. The second kappa shape index (κ2) is 11.1. The lowest BCUT2D eigenvalue weighted by atomic mass is 9.98. The van der Waals surface area contributed by atoms with Crippen molar-refractivity contribution in [2.45, 2.75) is 44.7 Å². The summed E-state index contributed by atoms with van der Waals surface area (Å²) in [5.74, 6) is 1.65. The molecule has 3 atom stereocenters. The van der Waals surface area contributed by atoms with Gasteiger partial charge in [0.1, 0.15) is 17.3 Å². The maximum Gasteiger partial charge on any atom is 0.350 e. The molecule has 7 rings (SSSR count). The molecule has 2 aromatic heterocycles. The number of hydrogen-bond donors (Lipinski definition) is 0. The van der Waals surface area contributed by atoms with Gasteiger partial charge in [-0.15, -0.1) is 0 Å². The number of likely N-dealkylation sites (tertiary alicyclic amines) is 1. The molecule has 4 heterocycles. The molecule has 3 fully saturated rings. The van der Waals surface area contributed by atoms with Gasteiger partial charge in [-0.05, 0) is 81.1 Å². The van der Waals surface area contributed by atoms with Crippen molar-refractivity contribution in [3.63, 3.8) is 0 Å². The van der Waals surface area contributed by atoms with Crippen molar-refractivity contribution in [3.8, 4) is 17.0 Å². The smallest absolute Gasteiger partial charge is 0.350 e. The monoisotopic (exact) mass is 591 g/mol. The zero-order valence-electron chi connectivity index (χ0n) is 24.0. The Balaban J connectivity index is 1.45. The number of halogens is 2. The SMILES string of the molecule is COCOc1cc(-c2ncc3c(N4CC5CCC(C5)C4)nc(=O)n(C[C@@H]4CCCN4C)c3c2F)c2c(Cl)cccc2c1. The summed E-state index contributed by atoms with van der Waals surface area (Å²) < 4.78 is 29.5. The van der Waals surface area contributed by atoms with Crippen LogP contribution in [-0.4, -0.2) is 66.1 Å². The van der Waals surface area contributed by atoms with Crippen molar-refractivity contribution in [1.29, 1.82) is 0 Å². The van der Waals surface area contributed by atoms with Crippen LogP contribution in [0, 0.1) is 17.7 Å². The van der Waals surface area contributed by atoms with Gasteiger partial charge in [0.25, 0.3) is 0 Å². The van der Waals surface area contributed by atoms with Crippen LogP contribution in [0.2, 0.25) is 5.02 Å². The molecular weight excluding hydrogens is 557 g/mol. The molecule has 10 heteroatoms. The van der Waals surface area contributed by atoms with Crippen LogP contribution >= 0.6 is 11.6 Å². The molecule has 2 aromatic carbocycles. The highest BCUT2D eigenvalue weighted by molar-refractivity contribution is 6.36. The van der Waals surface area contributed by atoms with E-state index in [1.165, 1.54) is 23.8 Å². The zero-order chi connectivity index (χ0) is 29.0. The van der Waals surface area contributed by atoms with Crippen LogP contribution in [0.1, 0.15) is 32.1 Å². The fraction of sp³-hybridized carbons (Fsp3) is 0.469. The summed E-state index contributed by atoms with van der Waals surface area (Å²) in [6.07, 6.45) is 7.27. The summed E-state index contributed by atoms with van der Waals surface area (Å²) in [5, 5.41) is 2.50. The number of anilines is 1. The molecule has 4 aromatic rings. The molecule has 0 spiro atoms. The van der Waals surface area contributed by atoms with Crippen LogP contribution in [0.5, 0.6) is 5.75 Å². The Morgan fingerprint density at radius 2 is 1.95 bits per heavy atom.